The predicted molar refractivity (Wildman–Crippen MR) is 112 cm³/mol. The number of methoxy groups -OCH3 is 1. The van der Waals surface area contributed by atoms with Crippen LogP contribution in [0.15, 0.2) is 60.9 Å². The maximum atomic E-state index is 12.8. The van der Waals surface area contributed by atoms with Gasteiger partial charge in [0.15, 0.2) is 11.4 Å². The molecule has 0 spiro atoms. The number of rotatable bonds is 3. The van der Waals surface area contributed by atoms with Crippen molar-refractivity contribution in [2.24, 2.45) is 0 Å². The number of halogens is 1. The van der Waals surface area contributed by atoms with E-state index >= 15 is 0 Å². The lowest BCUT2D eigenvalue weighted by atomic mass is 9.82. The van der Waals surface area contributed by atoms with E-state index in [1.807, 2.05) is 54.7 Å². The van der Waals surface area contributed by atoms with Crippen LogP contribution in [0.25, 0.3) is 16.8 Å². The number of nitrogens with zero attached hydrogens (tertiary/aromatic N) is 3. The molecule has 0 saturated carbocycles. The molecule has 1 atom stereocenters. The van der Waals surface area contributed by atoms with E-state index in [-0.39, 0.29) is 11.7 Å². The largest absolute Gasteiger partial charge is 0.497 e. The Labute approximate surface area is 172 Å². The zero-order valence-electron chi connectivity index (χ0n) is 15.8. The zero-order valence-corrected chi connectivity index (χ0v) is 16.6. The third kappa shape index (κ3) is 3.17. The highest BCUT2D eigenvalue weighted by atomic mass is 35.5. The van der Waals surface area contributed by atoms with Crippen molar-refractivity contribution in [1.29, 1.82) is 0 Å². The highest BCUT2D eigenvalue weighted by Crippen LogP contribution is 2.34. The molecule has 1 aliphatic rings. The number of ether oxygens (including phenoxy) is 1. The molecule has 1 aliphatic carbocycles. The third-order valence-corrected chi connectivity index (χ3v) is 5.74. The normalized spacial score (nSPS) is 16.1. The number of Topliss-reactive ketones (excluding diaryl/α,β-unsaturated/α-hetero) is 1. The predicted octanol–water partition coefficient (Wildman–Crippen LogP) is 4.97. The SMILES string of the molecule is COc1ccc(C2CC(=O)c3cn4ncc(-c5ccc(Cl)cc5)c4nc3C2)cc1. The molecular formula is C23H18ClN3O2. The Bertz CT molecular complexity index is 1210. The van der Waals surface area contributed by atoms with Crippen LogP contribution in [-0.2, 0) is 6.42 Å². The zero-order chi connectivity index (χ0) is 20.0. The van der Waals surface area contributed by atoms with Crippen LogP contribution in [0.2, 0.25) is 5.02 Å². The molecule has 4 aromatic rings. The van der Waals surface area contributed by atoms with E-state index in [0.29, 0.717) is 17.0 Å². The van der Waals surface area contributed by atoms with Crippen LogP contribution in [0.5, 0.6) is 5.75 Å². The molecule has 2 aromatic carbocycles. The van der Waals surface area contributed by atoms with Crippen LogP contribution >= 0.6 is 11.6 Å². The number of aromatic nitrogens is 3. The van der Waals surface area contributed by atoms with Gasteiger partial charge in [-0.2, -0.15) is 5.10 Å². The average Bonchev–Trinajstić information content (AvgIpc) is 3.16. The van der Waals surface area contributed by atoms with Crippen molar-refractivity contribution >= 4 is 23.0 Å². The van der Waals surface area contributed by atoms with Gasteiger partial charge in [0.05, 0.1) is 24.6 Å². The van der Waals surface area contributed by atoms with E-state index in [1.54, 1.807) is 17.8 Å². The Morgan fingerprint density at radius 2 is 1.79 bits per heavy atom. The van der Waals surface area contributed by atoms with Crippen molar-refractivity contribution < 1.29 is 9.53 Å². The Hall–Kier alpha value is -3.18. The summed E-state index contributed by atoms with van der Waals surface area (Å²) >= 11 is 6.01. The van der Waals surface area contributed by atoms with E-state index in [4.69, 9.17) is 21.3 Å². The summed E-state index contributed by atoms with van der Waals surface area (Å²) in [6.45, 7) is 0. The minimum Gasteiger partial charge on any atom is -0.497 e. The van der Waals surface area contributed by atoms with Gasteiger partial charge in [-0.1, -0.05) is 35.9 Å². The fraction of sp³-hybridized carbons (Fsp3) is 0.174. The number of carbonyl (C=O) groups is 1. The fourth-order valence-electron chi connectivity index (χ4n) is 3.92. The van der Waals surface area contributed by atoms with Gasteiger partial charge in [0.2, 0.25) is 0 Å². The maximum absolute atomic E-state index is 12.8. The summed E-state index contributed by atoms with van der Waals surface area (Å²) in [6, 6.07) is 15.5. The topological polar surface area (TPSA) is 56.5 Å². The van der Waals surface area contributed by atoms with Crippen LogP contribution in [-0.4, -0.2) is 27.5 Å². The molecule has 6 heteroatoms. The van der Waals surface area contributed by atoms with E-state index in [0.717, 1.165) is 40.2 Å². The highest BCUT2D eigenvalue weighted by Gasteiger charge is 2.28. The molecule has 0 radical (unpaired) electrons. The van der Waals surface area contributed by atoms with E-state index in [1.165, 1.54) is 0 Å². The second-order valence-corrected chi connectivity index (χ2v) is 7.67. The second kappa shape index (κ2) is 7.01. The van der Waals surface area contributed by atoms with Crippen molar-refractivity contribution in [2.75, 3.05) is 7.11 Å². The van der Waals surface area contributed by atoms with Crippen molar-refractivity contribution in [3.8, 4) is 16.9 Å². The standard InChI is InChI=1S/C23H18ClN3O2/c1-29-18-8-4-14(5-9-18)16-10-21-20(22(28)11-16)13-27-23(26-21)19(12-25-27)15-2-6-17(24)7-3-15/h2-9,12-13,16H,10-11H2,1H3. The maximum Gasteiger partial charge on any atom is 0.166 e. The molecule has 0 N–H and O–H groups in total. The first-order chi connectivity index (χ1) is 14.1. The van der Waals surface area contributed by atoms with E-state index < -0.39 is 0 Å². The van der Waals surface area contributed by atoms with Crippen LogP contribution < -0.4 is 4.74 Å². The summed E-state index contributed by atoms with van der Waals surface area (Å²) in [7, 11) is 1.65. The van der Waals surface area contributed by atoms with Gasteiger partial charge in [-0.15, -0.1) is 0 Å². The van der Waals surface area contributed by atoms with Crippen molar-refractivity contribution in [1.82, 2.24) is 14.6 Å². The first-order valence-electron chi connectivity index (χ1n) is 9.43. The van der Waals surface area contributed by atoms with Crippen molar-refractivity contribution in [2.45, 2.75) is 18.8 Å². The van der Waals surface area contributed by atoms with E-state index in [9.17, 15) is 4.79 Å². The van der Waals surface area contributed by atoms with Gasteiger partial charge >= 0.3 is 0 Å². The third-order valence-electron chi connectivity index (χ3n) is 5.49. The molecule has 0 amide bonds. The Morgan fingerprint density at radius 1 is 1.03 bits per heavy atom. The molecule has 5 rings (SSSR count). The summed E-state index contributed by atoms with van der Waals surface area (Å²) in [5, 5.41) is 5.10. The van der Waals surface area contributed by atoms with Gasteiger partial charge in [-0.25, -0.2) is 9.50 Å². The number of ketones is 1. The average molecular weight is 404 g/mol. The summed E-state index contributed by atoms with van der Waals surface area (Å²) in [5.41, 5.74) is 5.26. The second-order valence-electron chi connectivity index (χ2n) is 7.24. The van der Waals surface area contributed by atoms with Gasteiger partial charge in [0.25, 0.3) is 0 Å². The lowest BCUT2D eigenvalue weighted by Gasteiger charge is -2.23. The van der Waals surface area contributed by atoms with Gasteiger partial charge in [-0.05, 0) is 47.7 Å². The lowest BCUT2D eigenvalue weighted by molar-refractivity contribution is 0.0962. The molecule has 0 bridgehead atoms. The van der Waals surface area contributed by atoms with Crippen LogP contribution in [0.1, 0.15) is 34.0 Å². The number of carbonyl (C=O) groups excluding carboxylic acids is 1. The van der Waals surface area contributed by atoms with Crippen molar-refractivity contribution in [3.63, 3.8) is 0 Å². The first-order valence-corrected chi connectivity index (χ1v) is 9.80. The highest BCUT2D eigenvalue weighted by molar-refractivity contribution is 6.30. The molecule has 5 nitrogen and oxygen atoms in total. The Kier molecular flexibility index (Phi) is 4.32. The molecule has 144 valence electrons. The fourth-order valence-corrected chi connectivity index (χ4v) is 4.05. The monoisotopic (exact) mass is 403 g/mol. The molecule has 0 saturated heterocycles. The molecule has 0 fully saturated rings. The number of fused-ring (bicyclic) bond motifs is 2. The van der Waals surface area contributed by atoms with Gasteiger partial charge in [0.1, 0.15) is 5.75 Å². The van der Waals surface area contributed by atoms with Gasteiger partial charge < -0.3 is 4.74 Å². The van der Waals surface area contributed by atoms with Gasteiger partial charge in [0, 0.05) is 23.2 Å². The molecule has 0 aliphatic heterocycles. The summed E-state index contributed by atoms with van der Waals surface area (Å²) < 4.78 is 6.93. The molecule has 2 heterocycles. The van der Waals surface area contributed by atoms with Crippen LogP contribution in [0.3, 0.4) is 0 Å². The van der Waals surface area contributed by atoms with Gasteiger partial charge in [-0.3, -0.25) is 4.79 Å². The molecule has 1 unspecified atom stereocenters. The number of hydrogen-bond donors (Lipinski definition) is 0. The van der Waals surface area contributed by atoms with Crippen LogP contribution in [0.4, 0.5) is 0 Å². The lowest BCUT2D eigenvalue weighted by Crippen LogP contribution is -2.21. The number of benzene rings is 2. The van der Waals surface area contributed by atoms with E-state index in [2.05, 4.69) is 5.10 Å². The first kappa shape index (κ1) is 17.9. The minimum atomic E-state index is 0.102. The van der Waals surface area contributed by atoms with Crippen LogP contribution in [0, 0.1) is 0 Å². The summed E-state index contributed by atoms with van der Waals surface area (Å²) in [4.78, 5) is 17.7. The Balaban J connectivity index is 1.55. The summed E-state index contributed by atoms with van der Waals surface area (Å²) in [5.74, 6) is 1.02. The Morgan fingerprint density at radius 3 is 2.52 bits per heavy atom. The molecule has 2 aromatic heterocycles. The quantitative estimate of drug-likeness (QED) is 0.484. The smallest absolute Gasteiger partial charge is 0.166 e. The minimum absolute atomic E-state index is 0.102. The molecular weight excluding hydrogens is 386 g/mol. The summed E-state index contributed by atoms with van der Waals surface area (Å²) in [6.07, 6.45) is 4.78. The van der Waals surface area contributed by atoms with Crippen molar-refractivity contribution in [3.05, 3.63) is 82.8 Å². The number of hydrogen-bond acceptors (Lipinski definition) is 4. The molecule has 29 heavy (non-hydrogen) atoms.